The second-order valence-corrected chi connectivity index (χ2v) is 5.68. The minimum atomic E-state index is -1.07. The number of carbonyl (C=O) groups is 2. The molecule has 0 saturated heterocycles. The van der Waals surface area contributed by atoms with Gasteiger partial charge in [-0.15, -0.1) is 0 Å². The minimum Gasteiger partial charge on any atom is -0.467 e. The van der Waals surface area contributed by atoms with E-state index < -0.39 is 5.41 Å². The first-order valence-corrected chi connectivity index (χ1v) is 7.53. The van der Waals surface area contributed by atoms with Crippen LogP contribution in [0.3, 0.4) is 0 Å². The summed E-state index contributed by atoms with van der Waals surface area (Å²) in [6, 6.07) is 3.55. The van der Waals surface area contributed by atoms with E-state index in [1.54, 1.807) is 37.1 Å². The third-order valence-electron chi connectivity index (χ3n) is 3.38. The Labute approximate surface area is 126 Å². The molecule has 0 spiro atoms. The van der Waals surface area contributed by atoms with E-state index in [0.29, 0.717) is 25.4 Å². The van der Waals surface area contributed by atoms with Crippen LogP contribution in [0.4, 0.5) is 0 Å². The van der Waals surface area contributed by atoms with Crippen molar-refractivity contribution >= 4 is 11.8 Å². The van der Waals surface area contributed by atoms with Crippen LogP contribution in [0, 0.1) is 5.41 Å². The van der Waals surface area contributed by atoms with Gasteiger partial charge in [-0.25, -0.2) is 0 Å². The van der Waals surface area contributed by atoms with Gasteiger partial charge >= 0.3 is 0 Å². The van der Waals surface area contributed by atoms with E-state index in [9.17, 15) is 9.59 Å². The zero-order chi connectivity index (χ0) is 15.9. The van der Waals surface area contributed by atoms with Gasteiger partial charge in [-0.2, -0.15) is 0 Å². The average molecular weight is 294 g/mol. The smallest absolute Gasteiger partial charge is 0.237 e. The second kappa shape index (κ2) is 7.86. The van der Waals surface area contributed by atoms with Crippen molar-refractivity contribution in [1.82, 2.24) is 10.2 Å². The predicted molar refractivity (Wildman–Crippen MR) is 81.5 cm³/mol. The molecule has 5 heteroatoms. The first-order chi connectivity index (χ1) is 9.93. The molecule has 0 aromatic carbocycles. The molecule has 21 heavy (non-hydrogen) atoms. The largest absolute Gasteiger partial charge is 0.467 e. The van der Waals surface area contributed by atoms with Crippen LogP contribution in [0.25, 0.3) is 0 Å². The molecule has 0 atom stereocenters. The van der Waals surface area contributed by atoms with Crippen LogP contribution in [0.1, 0.15) is 46.3 Å². The van der Waals surface area contributed by atoms with Crippen LogP contribution in [-0.2, 0) is 16.1 Å². The molecule has 118 valence electrons. The van der Waals surface area contributed by atoms with Crippen LogP contribution in [0.15, 0.2) is 22.8 Å². The van der Waals surface area contributed by atoms with E-state index in [0.717, 1.165) is 12.8 Å². The fourth-order valence-electron chi connectivity index (χ4n) is 2.15. The SMILES string of the molecule is CCCN(CCC)C(=O)C(C)(C)C(=O)NCc1ccco1. The highest BCUT2D eigenvalue weighted by Crippen LogP contribution is 2.20. The molecule has 1 aromatic heterocycles. The topological polar surface area (TPSA) is 62.6 Å². The minimum absolute atomic E-state index is 0.122. The fraction of sp³-hybridized carbons (Fsp3) is 0.625. The zero-order valence-electron chi connectivity index (χ0n) is 13.4. The van der Waals surface area contributed by atoms with Crippen molar-refractivity contribution in [2.45, 2.75) is 47.1 Å². The Morgan fingerprint density at radius 1 is 1.24 bits per heavy atom. The first-order valence-electron chi connectivity index (χ1n) is 7.53. The van der Waals surface area contributed by atoms with Crippen LogP contribution in [0.5, 0.6) is 0 Å². The van der Waals surface area contributed by atoms with E-state index >= 15 is 0 Å². The molecule has 0 saturated carbocycles. The van der Waals surface area contributed by atoms with E-state index in [2.05, 4.69) is 5.32 Å². The molecule has 5 nitrogen and oxygen atoms in total. The van der Waals surface area contributed by atoms with E-state index in [-0.39, 0.29) is 11.8 Å². The van der Waals surface area contributed by atoms with Crippen LogP contribution >= 0.6 is 0 Å². The van der Waals surface area contributed by atoms with Gasteiger partial charge in [0, 0.05) is 13.1 Å². The van der Waals surface area contributed by atoms with Crippen molar-refractivity contribution in [3.05, 3.63) is 24.2 Å². The van der Waals surface area contributed by atoms with Gasteiger partial charge in [0.2, 0.25) is 11.8 Å². The number of nitrogens with one attached hydrogen (secondary N) is 1. The summed E-state index contributed by atoms with van der Waals surface area (Å²) in [4.78, 5) is 26.7. The summed E-state index contributed by atoms with van der Waals surface area (Å²) in [6.07, 6.45) is 3.33. The standard InChI is InChI=1S/C16H26N2O3/c1-5-9-18(10-6-2)15(20)16(3,4)14(19)17-12-13-8-7-11-21-13/h7-8,11H,5-6,9-10,12H2,1-4H3,(H,17,19). The Hall–Kier alpha value is -1.78. The Bertz CT molecular complexity index is 446. The Balaban J connectivity index is 2.67. The van der Waals surface area contributed by atoms with Gasteiger partial charge in [-0.3, -0.25) is 9.59 Å². The third kappa shape index (κ3) is 4.62. The summed E-state index contributed by atoms with van der Waals surface area (Å²) >= 11 is 0. The number of hydrogen-bond donors (Lipinski definition) is 1. The predicted octanol–water partition coefficient (Wildman–Crippen LogP) is 2.57. The molecule has 0 aliphatic heterocycles. The molecular formula is C16H26N2O3. The lowest BCUT2D eigenvalue weighted by Crippen LogP contribution is -2.49. The van der Waals surface area contributed by atoms with Gasteiger partial charge in [-0.05, 0) is 38.8 Å². The monoisotopic (exact) mass is 294 g/mol. The van der Waals surface area contributed by atoms with Gasteiger partial charge in [0.15, 0.2) is 0 Å². The number of carbonyl (C=O) groups excluding carboxylic acids is 2. The lowest BCUT2D eigenvalue weighted by Gasteiger charge is -2.30. The maximum absolute atomic E-state index is 12.6. The summed E-state index contributed by atoms with van der Waals surface area (Å²) in [5.74, 6) is 0.273. The van der Waals surface area contributed by atoms with Gasteiger partial charge in [-0.1, -0.05) is 13.8 Å². The number of nitrogens with zero attached hydrogens (tertiary/aromatic N) is 1. The lowest BCUT2D eigenvalue weighted by atomic mass is 9.90. The average Bonchev–Trinajstić information content (AvgIpc) is 2.96. The Morgan fingerprint density at radius 3 is 2.33 bits per heavy atom. The zero-order valence-corrected chi connectivity index (χ0v) is 13.4. The molecule has 1 heterocycles. The summed E-state index contributed by atoms with van der Waals surface area (Å²) in [5.41, 5.74) is -1.07. The van der Waals surface area contributed by atoms with Crippen molar-refractivity contribution in [1.29, 1.82) is 0 Å². The van der Waals surface area contributed by atoms with Crippen molar-refractivity contribution in [2.75, 3.05) is 13.1 Å². The normalized spacial score (nSPS) is 11.2. The van der Waals surface area contributed by atoms with Crippen molar-refractivity contribution in [3.8, 4) is 0 Å². The maximum atomic E-state index is 12.6. The second-order valence-electron chi connectivity index (χ2n) is 5.68. The molecule has 1 aromatic rings. The quantitative estimate of drug-likeness (QED) is 0.750. The molecule has 2 amide bonds. The van der Waals surface area contributed by atoms with Gasteiger partial charge in [0.25, 0.3) is 0 Å². The van der Waals surface area contributed by atoms with Gasteiger partial charge in [0.1, 0.15) is 11.2 Å². The first kappa shape index (κ1) is 17.3. The van der Waals surface area contributed by atoms with Crippen LogP contribution < -0.4 is 5.32 Å². The highest BCUT2D eigenvalue weighted by atomic mass is 16.3. The number of furan rings is 1. The van der Waals surface area contributed by atoms with E-state index in [4.69, 9.17) is 4.42 Å². The van der Waals surface area contributed by atoms with Crippen molar-refractivity contribution < 1.29 is 14.0 Å². The van der Waals surface area contributed by atoms with Gasteiger partial charge in [0.05, 0.1) is 12.8 Å². The van der Waals surface area contributed by atoms with Crippen LogP contribution in [-0.4, -0.2) is 29.8 Å². The fourth-order valence-corrected chi connectivity index (χ4v) is 2.15. The highest BCUT2D eigenvalue weighted by Gasteiger charge is 2.38. The summed E-state index contributed by atoms with van der Waals surface area (Å²) in [7, 11) is 0. The number of hydrogen-bond acceptors (Lipinski definition) is 3. The summed E-state index contributed by atoms with van der Waals surface area (Å²) in [5, 5.41) is 2.77. The molecule has 0 unspecified atom stereocenters. The molecule has 0 bridgehead atoms. The molecule has 0 fully saturated rings. The lowest BCUT2D eigenvalue weighted by molar-refractivity contribution is -0.148. The Morgan fingerprint density at radius 2 is 1.86 bits per heavy atom. The number of rotatable bonds is 8. The van der Waals surface area contributed by atoms with E-state index in [1.165, 1.54) is 0 Å². The molecule has 0 aliphatic carbocycles. The Kier molecular flexibility index (Phi) is 6.46. The molecule has 0 aliphatic rings. The molecular weight excluding hydrogens is 268 g/mol. The molecule has 0 radical (unpaired) electrons. The summed E-state index contributed by atoms with van der Waals surface area (Å²) in [6.45, 7) is 9.06. The van der Waals surface area contributed by atoms with E-state index in [1.807, 2.05) is 13.8 Å². The highest BCUT2D eigenvalue weighted by molar-refractivity contribution is 6.04. The maximum Gasteiger partial charge on any atom is 0.237 e. The molecule has 1 rings (SSSR count). The third-order valence-corrected chi connectivity index (χ3v) is 3.38. The van der Waals surface area contributed by atoms with Gasteiger partial charge < -0.3 is 14.6 Å². The molecule has 1 N–H and O–H groups in total. The van der Waals surface area contributed by atoms with Crippen LogP contribution in [0.2, 0.25) is 0 Å². The van der Waals surface area contributed by atoms with Crippen molar-refractivity contribution in [2.24, 2.45) is 5.41 Å². The summed E-state index contributed by atoms with van der Waals surface area (Å²) < 4.78 is 5.17. The number of amides is 2. The van der Waals surface area contributed by atoms with Crippen molar-refractivity contribution in [3.63, 3.8) is 0 Å².